The van der Waals surface area contributed by atoms with Gasteiger partial charge in [0.2, 0.25) is 5.91 Å². The first-order valence-corrected chi connectivity index (χ1v) is 7.42. The summed E-state index contributed by atoms with van der Waals surface area (Å²) in [6, 6.07) is 10.0. The van der Waals surface area contributed by atoms with Crippen LogP contribution in [0.15, 0.2) is 36.5 Å². The zero-order valence-electron chi connectivity index (χ0n) is 11.7. The van der Waals surface area contributed by atoms with Crippen LogP contribution in [0.2, 0.25) is 0 Å². The first-order valence-electron chi connectivity index (χ1n) is 6.79. The zero-order chi connectivity index (χ0) is 14.9. The van der Waals surface area contributed by atoms with Gasteiger partial charge in [-0.1, -0.05) is 35.5 Å². The van der Waals surface area contributed by atoms with E-state index in [9.17, 15) is 4.79 Å². The van der Waals surface area contributed by atoms with Crippen molar-refractivity contribution >= 4 is 18.5 Å². The number of aromatic nitrogens is 3. The van der Waals surface area contributed by atoms with E-state index in [1.807, 2.05) is 36.5 Å². The van der Waals surface area contributed by atoms with Crippen molar-refractivity contribution in [2.24, 2.45) is 0 Å². The largest absolute Gasteiger partial charge is 0.349 e. The normalized spacial score (nSPS) is 10.5. The van der Waals surface area contributed by atoms with E-state index >= 15 is 0 Å². The first kappa shape index (κ1) is 15.5. The quantitative estimate of drug-likeness (QED) is 0.489. The Kier molecular flexibility index (Phi) is 6.23. The van der Waals surface area contributed by atoms with Gasteiger partial charge in [0.05, 0.1) is 25.8 Å². The van der Waals surface area contributed by atoms with Crippen LogP contribution in [0.1, 0.15) is 11.3 Å². The van der Waals surface area contributed by atoms with Crippen molar-refractivity contribution in [3.63, 3.8) is 0 Å². The third-order valence-electron chi connectivity index (χ3n) is 2.81. The maximum absolute atomic E-state index is 11.5. The monoisotopic (exact) mass is 305 g/mol. The molecule has 21 heavy (non-hydrogen) atoms. The number of carbonyl (C=O) groups excluding carboxylic acids is 1. The van der Waals surface area contributed by atoms with Gasteiger partial charge in [-0.05, 0) is 5.56 Å². The molecule has 0 fully saturated rings. The Hall–Kier alpha value is -1.86. The molecule has 1 aromatic carbocycles. The predicted molar refractivity (Wildman–Crippen MR) is 84.1 cm³/mol. The molecule has 1 aromatic heterocycles. The van der Waals surface area contributed by atoms with Gasteiger partial charge in [-0.15, -0.1) is 5.10 Å². The Morgan fingerprint density at radius 2 is 2.10 bits per heavy atom. The zero-order valence-corrected chi connectivity index (χ0v) is 12.6. The lowest BCUT2D eigenvalue weighted by molar-refractivity contribution is -0.120. The third-order valence-corrected chi connectivity index (χ3v) is 3.04. The molecule has 2 N–H and O–H groups in total. The van der Waals surface area contributed by atoms with Crippen molar-refractivity contribution in [1.29, 1.82) is 0 Å². The maximum Gasteiger partial charge on any atom is 0.234 e. The molecule has 0 bridgehead atoms. The van der Waals surface area contributed by atoms with Crippen molar-refractivity contribution < 1.29 is 4.79 Å². The number of rotatable bonds is 8. The number of carbonyl (C=O) groups is 1. The van der Waals surface area contributed by atoms with Crippen molar-refractivity contribution in [3.05, 3.63) is 47.8 Å². The molecule has 0 radical (unpaired) electrons. The molecule has 1 amide bonds. The van der Waals surface area contributed by atoms with E-state index in [0.29, 0.717) is 31.9 Å². The fraction of sp³-hybridized carbons (Fsp3) is 0.357. The fourth-order valence-electron chi connectivity index (χ4n) is 1.80. The summed E-state index contributed by atoms with van der Waals surface area (Å²) in [7, 11) is 0. The number of nitrogens with zero attached hydrogens (tertiary/aromatic N) is 3. The van der Waals surface area contributed by atoms with Crippen molar-refractivity contribution in [1.82, 2.24) is 25.6 Å². The molecule has 0 aliphatic rings. The molecule has 112 valence electrons. The molecule has 1 heterocycles. The van der Waals surface area contributed by atoms with Crippen LogP contribution >= 0.6 is 12.6 Å². The highest BCUT2D eigenvalue weighted by atomic mass is 32.1. The van der Waals surface area contributed by atoms with Gasteiger partial charge in [0, 0.05) is 12.3 Å². The second kappa shape index (κ2) is 8.43. The summed E-state index contributed by atoms with van der Waals surface area (Å²) >= 11 is 4.06. The van der Waals surface area contributed by atoms with Crippen molar-refractivity contribution in [2.75, 3.05) is 18.8 Å². The second-order valence-corrected chi connectivity index (χ2v) is 5.02. The minimum Gasteiger partial charge on any atom is -0.349 e. The second-order valence-electron chi connectivity index (χ2n) is 4.57. The average molecular weight is 305 g/mol. The maximum atomic E-state index is 11.5. The van der Waals surface area contributed by atoms with Crippen LogP contribution in [0, 0.1) is 0 Å². The summed E-state index contributed by atoms with van der Waals surface area (Å²) in [5, 5.41) is 13.9. The molecule has 0 unspecified atom stereocenters. The summed E-state index contributed by atoms with van der Waals surface area (Å²) in [6.07, 6.45) is 1.84. The number of amides is 1. The lowest BCUT2D eigenvalue weighted by atomic mass is 10.2. The molecule has 0 atom stereocenters. The smallest absolute Gasteiger partial charge is 0.234 e. The van der Waals surface area contributed by atoms with Gasteiger partial charge in [0.1, 0.15) is 5.69 Å². The van der Waals surface area contributed by atoms with Crippen LogP contribution in [0.3, 0.4) is 0 Å². The molecule has 2 aromatic rings. The Labute approximate surface area is 129 Å². The van der Waals surface area contributed by atoms with E-state index in [4.69, 9.17) is 0 Å². The summed E-state index contributed by atoms with van der Waals surface area (Å²) < 4.78 is 1.76. The highest BCUT2D eigenvalue weighted by molar-refractivity contribution is 7.80. The number of hydrogen-bond acceptors (Lipinski definition) is 5. The van der Waals surface area contributed by atoms with Crippen LogP contribution in [0.25, 0.3) is 0 Å². The van der Waals surface area contributed by atoms with Gasteiger partial charge in [-0.3, -0.25) is 4.79 Å². The average Bonchev–Trinajstić information content (AvgIpc) is 2.94. The van der Waals surface area contributed by atoms with Crippen LogP contribution < -0.4 is 10.6 Å². The van der Waals surface area contributed by atoms with Gasteiger partial charge in [0.15, 0.2) is 0 Å². The molecule has 0 spiro atoms. The predicted octanol–water partition coefficient (Wildman–Crippen LogP) is 0.462. The molecule has 0 saturated carbocycles. The highest BCUT2D eigenvalue weighted by Crippen LogP contribution is 2.02. The third kappa shape index (κ3) is 5.57. The van der Waals surface area contributed by atoms with E-state index in [1.165, 1.54) is 0 Å². The standard InChI is InChI=1S/C14H19N5OS/c20-14(9-15-6-7-21)16-8-13-11-19(18-17-13)10-12-4-2-1-3-5-12/h1-5,11,15,21H,6-10H2,(H,16,20). The van der Waals surface area contributed by atoms with Crippen molar-refractivity contribution in [2.45, 2.75) is 13.1 Å². The molecule has 0 saturated heterocycles. The Bertz CT molecular complexity index is 558. The molecular weight excluding hydrogens is 286 g/mol. The first-order chi connectivity index (χ1) is 10.3. The van der Waals surface area contributed by atoms with Crippen molar-refractivity contribution in [3.8, 4) is 0 Å². The minimum atomic E-state index is -0.0607. The van der Waals surface area contributed by atoms with Gasteiger partial charge in [-0.25, -0.2) is 4.68 Å². The Morgan fingerprint density at radius 1 is 1.29 bits per heavy atom. The molecular formula is C14H19N5OS. The van der Waals surface area contributed by atoms with Crippen LogP contribution in [-0.4, -0.2) is 39.7 Å². The summed E-state index contributed by atoms with van der Waals surface area (Å²) in [6.45, 7) is 2.06. The lowest BCUT2D eigenvalue weighted by Gasteiger charge is -2.03. The van der Waals surface area contributed by atoms with E-state index in [0.717, 1.165) is 11.3 Å². The Morgan fingerprint density at radius 3 is 2.86 bits per heavy atom. The molecule has 0 aliphatic heterocycles. The summed E-state index contributed by atoms with van der Waals surface area (Å²) in [5.74, 6) is 0.649. The van der Waals surface area contributed by atoms with Gasteiger partial charge in [-0.2, -0.15) is 12.6 Å². The molecule has 6 nitrogen and oxygen atoms in total. The lowest BCUT2D eigenvalue weighted by Crippen LogP contribution is -2.34. The van der Waals surface area contributed by atoms with E-state index in [-0.39, 0.29) is 5.91 Å². The van der Waals surface area contributed by atoms with Gasteiger partial charge < -0.3 is 10.6 Å². The minimum absolute atomic E-state index is 0.0607. The summed E-state index contributed by atoms with van der Waals surface area (Å²) in [5.41, 5.74) is 1.91. The fourth-order valence-corrected chi connectivity index (χ4v) is 1.96. The number of benzene rings is 1. The van der Waals surface area contributed by atoms with Crippen LogP contribution in [0.5, 0.6) is 0 Å². The Balaban J connectivity index is 1.77. The van der Waals surface area contributed by atoms with Gasteiger partial charge in [0.25, 0.3) is 0 Å². The summed E-state index contributed by atoms with van der Waals surface area (Å²) in [4.78, 5) is 11.5. The molecule has 0 aliphatic carbocycles. The molecule has 2 rings (SSSR count). The van der Waals surface area contributed by atoms with Gasteiger partial charge >= 0.3 is 0 Å². The number of hydrogen-bond donors (Lipinski definition) is 3. The van der Waals surface area contributed by atoms with E-state index in [1.54, 1.807) is 4.68 Å². The number of nitrogens with one attached hydrogen (secondary N) is 2. The van der Waals surface area contributed by atoms with Crippen LogP contribution in [-0.2, 0) is 17.9 Å². The van der Waals surface area contributed by atoms with E-state index < -0.39 is 0 Å². The molecule has 7 heteroatoms. The highest BCUT2D eigenvalue weighted by Gasteiger charge is 2.04. The topological polar surface area (TPSA) is 71.8 Å². The number of thiol groups is 1. The van der Waals surface area contributed by atoms with Crippen LogP contribution in [0.4, 0.5) is 0 Å². The van der Waals surface area contributed by atoms with E-state index in [2.05, 4.69) is 33.6 Å². The SMILES string of the molecule is O=C(CNCCS)NCc1cn(Cc2ccccc2)nn1.